The van der Waals surface area contributed by atoms with Gasteiger partial charge in [-0.2, -0.15) is 0 Å². The molecule has 1 N–H and O–H groups in total. The molecule has 6 nitrogen and oxygen atoms in total. The summed E-state index contributed by atoms with van der Waals surface area (Å²) in [5.41, 5.74) is 1.20. The van der Waals surface area contributed by atoms with E-state index in [9.17, 15) is 4.79 Å². The second-order valence-corrected chi connectivity index (χ2v) is 6.00. The van der Waals surface area contributed by atoms with Crippen molar-refractivity contribution >= 4 is 17.7 Å². The van der Waals surface area contributed by atoms with Crippen LogP contribution in [-0.2, 0) is 17.8 Å². The molecule has 0 aliphatic heterocycles. The Morgan fingerprint density at radius 3 is 2.76 bits per heavy atom. The lowest BCUT2D eigenvalue weighted by molar-refractivity contribution is -0.133. The molecule has 1 saturated carbocycles. The van der Waals surface area contributed by atoms with Crippen LogP contribution >= 0.6 is 11.8 Å². The molecule has 1 aliphatic carbocycles. The summed E-state index contributed by atoms with van der Waals surface area (Å²) >= 11 is 1.23. The number of rotatable bonds is 7. The molecule has 2 aromatic heterocycles. The van der Waals surface area contributed by atoms with Crippen LogP contribution in [0.2, 0.25) is 0 Å². The van der Waals surface area contributed by atoms with Gasteiger partial charge in [0.1, 0.15) is 5.82 Å². The van der Waals surface area contributed by atoms with Gasteiger partial charge in [0.25, 0.3) is 0 Å². The number of aromatic nitrogens is 4. The van der Waals surface area contributed by atoms with Crippen molar-refractivity contribution in [3.8, 4) is 0 Å². The molecular formula is C14H16N4O2S. The van der Waals surface area contributed by atoms with E-state index < -0.39 is 5.97 Å². The lowest BCUT2D eigenvalue weighted by Crippen LogP contribution is -2.08. The van der Waals surface area contributed by atoms with Crippen molar-refractivity contribution in [2.45, 2.75) is 36.9 Å². The highest BCUT2D eigenvalue weighted by Gasteiger charge is 2.30. The van der Waals surface area contributed by atoms with Crippen LogP contribution in [0.4, 0.5) is 0 Å². The zero-order valence-corrected chi connectivity index (χ0v) is 12.3. The van der Waals surface area contributed by atoms with E-state index in [1.165, 1.54) is 17.3 Å². The van der Waals surface area contributed by atoms with Crippen molar-refractivity contribution in [1.29, 1.82) is 0 Å². The molecule has 0 atom stereocenters. The van der Waals surface area contributed by atoms with Gasteiger partial charge in [-0.1, -0.05) is 11.8 Å². The molecular weight excluding hydrogens is 288 g/mol. The highest BCUT2D eigenvalue weighted by Crippen LogP contribution is 2.40. The number of nitrogens with zero attached hydrogens (tertiary/aromatic N) is 4. The Kier molecular flexibility index (Phi) is 4.19. The van der Waals surface area contributed by atoms with Gasteiger partial charge < -0.3 is 9.67 Å². The Bertz CT molecular complexity index is 625. The maximum absolute atomic E-state index is 10.7. The van der Waals surface area contributed by atoms with Gasteiger partial charge in [0.15, 0.2) is 5.16 Å². The smallest absolute Gasteiger partial charge is 0.313 e. The van der Waals surface area contributed by atoms with Gasteiger partial charge in [0.05, 0.1) is 5.75 Å². The average molecular weight is 304 g/mol. The van der Waals surface area contributed by atoms with Crippen LogP contribution in [0, 0.1) is 0 Å². The molecule has 1 aliphatic rings. The molecule has 0 amide bonds. The summed E-state index contributed by atoms with van der Waals surface area (Å²) in [5, 5.41) is 17.9. The third-order valence-corrected chi connectivity index (χ3v) is 4.34. The number of carboxylic acids is 1. The maximum atomic E-state index is 10.7. The molecule has 7 heteroatoms. The van der Waals surface area contributed by atoms with Crippen molar-refractivity contribution in [3.05, 3.63) is 35.9 Å². The predicted octanol–water partition coefficient (Wildman–Crippen LogP) is 1.97. The van der Waals surface area contributed by atoms with Crippen LogP contribution in [-0.4, -0.2) is 36.6 Å². The van der Waals surface area contributed by atoms with Gasteiger partial charge in [-0.15, -0.1) is 10.2 Å². The molecule has 110 valence electrons. The average Bonchev–Trinajstić information content (AvgIpc) is 3.25. The Morgan fingerprint density at radius 1 is 1.33 bits per heavy atom. The Morgan fingerprint density at radius 2 is 2.10 bits per heavy atom. The van der Waals surface area contributed by atoms with Crippen molar-refractivity contribution in [3.63, 3.8) is 0 Å². The van der Waals surface area contributed by atoms with Gasteiger partial charge in [0, 0.05) is 24.9 Å². The summed E-state index contributed by atoms with van der Waals surface area (Å²) in [5.74, 6) is 0.667. The molecule has 0 spiro atoms. The van der Waals surface area contributed by atoms with Gasteiger partial charge in [-0.3, -0.25) is 9.78 Å². The standard InChI is InChI=1S/C14H16N4O2S/c19-12(20)9-21-14-17-16-13(11-1-2-11)18(14)8-5-10-3-6-15-7-4-10/h3-4,6-7,11H,1-2,5,8-9H2,(H,19,20). The van der Waals surface area contributed by atoms with E-state index in [1.807, 2.05) is 12.1 Å². The molecule has 0 unspecified atom stereocenters. The van der Waals surface area contributed by atoms with Crippen molar-refractivity contribution in [2.24, 2.45) is 0 Å². The van der Waals surface area contributed by atoms with E-state index >= 15 is 0 Å². The van der Waals surface area contributed by atoms with E-state index in [2.05, 4.69) is 19.7 Å². The fourth-order valence-electron chi connectivity index (χ4n) is 2.18. The molecule has 0 bridgehead atoms. The number of carboxylic acid groups (broad SMARTS) is 1. The van der Waals surface area contributed by atoms with Crippen molar-refractivity contribution < 1.29 is 9.90 Å². The molecule has 3 rings (SSSR count). The summed E-state index contributed by atoms with van der Waals surface area (Å²) < 4.78 is 2.08. The number of aryl methyl sites for hydroxylation is 1. The van der Waals surface area contributed by atoms with Crippen LogP contribution in [0.25, 0.3) is 0 Å². The second-order valence-electron chi connectivity index (χ2n) is 5.05. The number of thioether (sulfide) groups is 1. The number of aliphatic carboxylic acids is 1. The molecule has 0 saturated heterocycles. The third-order valence-electron chi connectivity index (χ3n) is 3.39. The number of carbonyl (C=O) groups is 1. The highest BCUT2D eigenvalue weighted by molar-refractivity contribution is 7.99. The van der Waals surface area contributed by atoms with Gasteiger partial charge in [-0.25, -0.2) is 0 Å². The van der Waals surface area contributed by atoms with Gasteiger partial charge in [0.2, 0.25) is 0 Å². The van der Waals surface area contributed by atoms with E-state index in [1.54, 1.807) is 12.4 Å². The Balaban J connectivity index is 1.74. The van der Waals surface area contributed by atoms with Crippen LogP contribution in [0.3, 0.4) is 0 Å². The number of hydrogen-bond acceptors (Lipinski definition) is 5. The van der Waals surface area contributed by atoms with Crippen LogP contribution in [0.5, 0.6) is 0 Å². The summed E-state index contributed by atoms with van der Waals surface area (Å²) in [6.45, 7) is 0.769. The first kappa shape index (κ1) is 14.1. The summed E-state index contributed by atoms with van der Waals surface area (Å²) in [7, 11) is 0. The largest absolute Gasteiger partial charge is 0.481 e. The fraction of sp³-hybridized carbons (Fsp3) is 0.429. The molecule has 0 aromatic carbocycles. The molecule has 0 radical (unpaired) electrons. The minimum atomic E-state index is -0.836. The molecule has 1 fully saturated rings. The van der Waals surface area contributed by atoms with Crippen LogP contribution in [0.1, 0.15) is 30.1 Å². The second kappa shape index (κ2) is 6.26. The molecule has 21 heavy (non-hydrogen) atoms. The monoisotopic (exact) mass is 304 g/mol. The first-order chi connectivity index (χ1) is 10.2. The molecule has 2 heterocycles. The van der Waals surface area contributed by atoms with Gasteiger partial charge >= 0.3 is 5.97 Å². The van der Waals surface area contributed by atoms with Crippen molar-refractivity contribution in [1.82, 2.24) is 19.7 Å². The van der Waals surface area contributed by atoms with Crippen molar-refractivity contribution in [2.75, 3.05) is 5.75 Å². The van der Waals surface area contributed by atoms with Gasteiger partial charge in [-0.05, 0) is 37.0 Å². The summed E-state index contributed by atoms with van der Waals surface area (Å²) in [6.07, 6.45) is 6.72. The van der Waals surface area contributed by atoms with E-state index in [-0.39, 0.29) is 5.75 Å². The topological polar surface area (TPSA) is 80.9 Å². The Labute approximate surface area is 126 Å². The zero-order valence-electron chi connectivity index (χ0n) is 11.5. The normalized spacial score (nSPS) is 14.3. The third kappa shape index (κ3) is 3.60. The van der Waals surface area contributed by atoms with E-state index in [0.29, 0.717) is 11.1 Å². The quantitative estimate of drug-likeness (QED) is 0.788. The van der Waals surface area contributed by atoms with E-state index in [0.717, 1.165) is 31.6 Å². The summed E-state index contributed by atoms with van der Waals surface area (Å²) in [6, 6.07) is 3.98. The molecule has 2 aromatic rings. The summed E-state index contributed by atoms with van der Waals surface area (Å²) in [4.78, 5) is 14.7. The minimum Gasteiger partial charge on any atom is -0.481 e. The zero-order chi connectivity index (χ0) is 14.7. The number of hydrogen-bond donors (Lipinski definition) is 1. The van der Waals surface area contributed by atoms with Crippen LogP contribution in [0.15, 0.2) is 29.7 Å². The minimum absolute atomic E-state index is 0.0120. The first-order valence-electron chi connectivity index (χ1n) is 6.90. The Hall–Kier alpha value is -1.89. The predicted molar refractivity (Wildman–Crippen MR) is 78.3 cm³/mol. The number of pyridine rings is 1. The lowest BCUT2D eigenvalue weighted by Gasteiger charge is -2.09. The lowest BCUT2D eigenvalue weighted by atomic mass is 10.2. The highest BCUT2D eigenvalue weighted by atomic mass is 32.2. The SMILES string of the molecule is O=C(O)CSc1nnc(C2CC2)n1CCc1ccncc1. The van der Waals surface area contributed by atoms with E-state index in [4.69, 9.17) is 5.11 Å². The van der Waals surface area contributed by atoms with Crippen LogP contribution < -0.4 is 0 Å². The first-order valence-corrected chi connectivity index (χ1v) is 7.89. The fourth-order valence-corrected chi connectivity index (χ4v) is 2.87. The maximum Gasteiger partial charge on any atom is 0.313 e.